The molecular weight excluding hydrogens is 256 g/mol. The molecule has 20 heavy (non-hydrogen) atoms. The molecule has 1 amide bonds. The molecule has 0 aliphatic rings. The highest BCUT2D eigenvalue weighted by atomic mass is 16.2. The van der Waals surface area contributed by atoms with E-state index < -0.39 is 5.56 Å². The van der Waals surface area contributed by atoms with Crippen LogP contribution < -0.4 is 10.9 Å². The molecule has 108 valence electrons. The lowest BCUT2D eigenvalue weighted by Gasteiger charge is -2.10. The molecule has 0 saturated heterocycles. The maximum atomic E-state index is 12.0. The first-order valence-corrected chi connectivity index (χ1v) is 6.62. The van der Waals surface area contributed by atoms with E-state index in [-0.39, 0.29) is 18.0 Å². The maximum Gasteiger partial charge on any atom is 0.285 e. The molecule has 1 heterocycles. The van der Waals surface area contributed by atoms with Crippen LogP contribution in [0.3, 0.4) is 0 Å². The van der Waals surface area contributed by atoms with Gasteiger partial charge in [0, 0.05) is 6.54 Å². The first kappa shape index (κ1) is 15.9. The van der Waals surface area contributed by atoms with Crippen molar-refractivity contribution in [3.63, 3.8) is 0 Å². The largest absolute Gasteiger partial charge is 0.354 e. The molecule has 1 aromatic rings. The number of aryl methyl sites for hydroxylation is 1. The molecule has 0 aliphatic heterocycles. The second kappa shape index (κ2) is 6.85. The molecule has 0 fully saturated rings. The number of carbonyl (C=O) groups excluding carboxylic acids is 1. The first-order chi connectivity index (χ1) is 9.36. The number of nitriles is 1. The summed E-state index contributed by atoms with van der Waals surface area (Å²) in [7, 11) is 0. The van der Waals surface area contributed by atoms with E-state index in [0.29, 0.717) is 23.7 Å². The van der Waals surface area contributed by atoms with Gasteiger partial charge in [-0.15, -0.1) is 0 Å². The Morgan fingerprint density at radius 1 is 1.45 bits per heavy atom. The van der Waals surface area contributed by atoms with Crippen molar-refractivity contribution in [2.45, 2.75) is 40.7 Å². The molecule has 0 aliphatic carbocycles. The highest BCUT2D eigenvalue weighted by Crippen LogP contribution is 2.04. The molecule has 0 unspecified atom stereocenters. The van der Waals surface area contributed by atoms with Crippen molar-refractivity contribution in [3.8, 4) is 6.07 Å². The van der Waals surface area contributed by atoms with E-state index >= 15 is 0 Å². The van der Waals surface area contributed by atoms with Crippen LogP contribution in [0.1, 0.15) is 37.1 Å². The average Bonchev–Trinajstić information content (AvgIpc) is 2.36. The molecule has 0 atom stereocenters. The second-order valence-corrected chi connectivity index (χ2v) is 5.19. The predicted octanol–water partition coefficient (Wildman–Crippen LogP) is 0.894. The lowest BCUT2D eigenvalue weighted by Crippen LogP contribution is -2.36. The number of hydrogen-bond donors (Lipinski definition) is 1. The highest BCUT2D eigenvalue weighted by molar-refractivity contribution is 5.75. The van der Waals surface area contributed by atoms with Crippen molar-refractivity contribution in [3.05, 3.63) is 27.2 Å². The van der Waals surface area contributed by atoms with Crippen LogP contribution in [-0.2, 0) is 11.3 Å². The molecule has 1 rings (SSSR count). The lowest BCUT2D eigenvalue weighted by molar-refractivity contribution is -0.121. The minimum Gasteiger partial charge on any atom is -0.354 e. The fourth-order valence-electron chi connectivity index (χ4n) is 1.70. The summed E-state index contributed by atoms with van der Waals surface area (Å²) < 4.78 is 1.05. The Labute approximate surface area is 118 Å². The van der Waals surface area contributed by atoms with Crippen molar-refractivity contribution in [2.24, 2.45) is 5.92 Å². The van der Waals surface area contributed by atoms with Crippen LogP contribution in [0.2, 0.25) is 0 Å². The smallest absolute Gasteiger partial charge is 0.285 e. The summed E-state index contributed by atoms with van der Waals surface area (Å²) in [5.41, 5.74) is 0.673. The molecule has 6 nitrogen and oxygen atoms in total. The van der Waals surface area contributed by atoms with E-state index in [1.54, 1.807) is 13.8 Å². The molecule has 0 aromatic carbocycles. The van der Waals surface area contributed by atoms with Crippen LogP contribution >= 0.6 is 0 Å². The molecule has 0 saturated carbocycles. The van der Waals surface area contributed by atoms with Crippen molar-refractivity contribution in [1.82, 2.24) is 15.1 Å². The maximum absolute atomic E-state index is 12.0. The zero-order chi connectivity index (χ0) is 15.3. The summed E-state index contributed by atoms with van der Waals surface area (Å²) >= 11 is 0. The number of carbonyl (C=O) groups is 1. The molecule has 0 spiro atoms. The quantitative estimate of drug-likeness (QED) is 0.865. The Bertz CT molecular complexity index is 596. The van der Waals surface area contributed by atoms with E-state index in [2.05, 4.69) is 24.3 Å². The summed E-state index contributed by atoms with van der Waals surface area (Å²) in [6, 6.07) is 1.87. The SMILES string of the molecule is Cc1nn(CC(=O)NCCC(C)C)c(=O)c(C#N)c1C. The van der Waals surface area contributed by atoms with Gasteiger partial charge >= 0.3 is 0 Å². The Hall–Kier alpha value is -2.16. The third-order valence-corrected chi connectivity index (χ3v) is 3.09. The fraction of sp³-hybridized carbons (Fsp3) is 0.571. The standard InChI is InChI=1S/C14H20N4O2/c1-9(2)5-6-16-13(19)8-18-14(20)12(7-15)10(3)11(4)17-18/h9H,5-6,8H2,1-4H3,(H,16,19). The van der Waals surface area contributed by atoms with Crippen LogP contribution in [0.25, 0.3) is 0 Å². The number of aromatic nitrogens is 2. The third kappa shape index (κ3) is 3.92. The predicted molar refractivity (Wildman–Crippen MR) is 75.2 cm³/mol. The van der Waals surface area contributed by atoms with Crippen LogP contribution in [0, 0.1) is 31.1 Å². The van der Waals surface area contributed by atoms with Gasteiger partial charge in [-0.3, -0.25) is 9.59 Å². The Balaban J connectivity index is 2.84. The van der Waals surface area contributed by atoms with Gasteiger partial charge in [-0.1, -0.05) is 13.8 Å². The van der Waals surface area contributed by atoms with Crippen molar-refractivity contribution in [1.29, 1.82) is 5.26 Å². The van der Waals surface area contributed by atoms with Gasteiger partial charge in [0.05, 0.1) is 5.69 Å². The van der Waals surface area contributed by atoms with E-state index in [4.69, 9.17) is 5.26 Å². The number of rotatable bonds is 5. The Morgan fingerprint density at radius 2 is 2.10 bits per heavy atom. The summed E-state index contributed by atoms with van der Waals surface area (Å²) in [6.07, 6.45) is 0.879. The van der Waals surface area contributed by atoms with Gasteiger partial charge < -0.3 is 5.32 Å². The topological polar surface area (TPSA) is 87.8 Å². The molecule has 0 bridgehead atoms. The number of nitrogens with one attached hydrogen (secondary N) is 1. The second-order valence-electron chi connectivity index (χ2n) is 5.19. The molecule has 1 aromatic heterocycles. The van der Waals surface area contributed by atoms with Crippen LogP contribution in [0.5, 0.6) is 0 Å². The van der Waals surface area contributed by atoms with Crippen molar-refractivity contribution in [2.75, 3.05) is 6.54 Å². The lowest BCUT2D eigenvalue weighted by atomic mass is 10.1. The van der Waals surface area contributed by atoms with Crippen molar-refractivity contribution < 1.29 is 4.79 Å². The van der Waals surface area contributed by atoms with Crippen LogP contribution in [0.4, 0.5) is 0 Å². The van der Waals surface area contributed by atoms with Crippen LogP contribution in [-0.4, -0.2) is 22.2 Å². The zero-order valence-electron chi connectivity index (χ0n) is 12.4. The van der Waals surface area contributed by atoms with Gasteiger partial charge in [0.15, 0.2) is 0 Å². The van der Waals surface area contributed by atoms with Crippen molar-refractivity contribution >= 4 is 5.91 Å². The normalized spacial score (nSPS) is 10.4. The third-order valence-electron chi connectivity index (χ3n) is 3.09. The molecule has 0 radical (unpaired) electrons. The summed E-state index contributed by atoms with van der Waals surface area (Å²) in [5, 5.41) is 15.8. The number of amides is 1. The van der Waals surface area contributed by atoms with Gasteiger partial charge in [0.1, 0.15) is 18.2 Å². The van der Waals surface area contributed by atoms with Gasteiger partial charge in [-0.05, 0) is 31.7 Å². The summed E-state index contributed by atoms with van der Waals surface area (Å²) in [6.45, 7) is 7.94. The minimum absolute atomic E-state index is 0.0486. The van der Waals surface area contributed by atoms with E-state index in [1.165, 1.54) is 0 Å². The fourth-order valence-corrected chi connectivity index (χ4v) is 1.70. The van der Waals surface area contributed by atoms with Gasteiger partial charge in [0.2, 0.25) is 5.91 Å². The molecule has 1 N–H and O–H groups in total. The Morgan fingerprint density at radius 3 is 2.65 bits per heavy atom. The van der Waals surface area contributed by atoms with Gasteiger partial charge in [-0.25, -0.2) is 4.68 Å². The Kier molecular flexibility index (Phi) is 5.44. The average molecular weight is 276 g/mol. The zero-order valence-corrected chi connectivity index (χ0v) is 12.4. The highest BCUT2D eigenvalue weighted by Gasteiger charge is 2.13. The van der Waals surface area contributed by atoms with E-state index in [9.17, 15) is 9.59 Å². The minimum atomic E-state index is -0.519. The molecular formula is C14H20N4O2. The number of nitrogens with zero attached hydrogens (tertiary/aromatic N) is 3. The monoisotopic (exact) mass is 276 g/mol. The van der Waals surface area contributed by atoms with Gasteiger partial charge in [0.25, 0.3) is 5.56 Å². The summed E-state index contributed by atoms with van der Waals surface area (Å²) in [4.78, 5) is 23.7. The molecule has 6 heteroatoms. The van der Waals surface area contributed by atoms with E-state index in [0.717, 1.165) is 11.1 Å². The first-order valence-electron chi connectivity index (χ1n) is 6.62. The summed E-state index contributed by atoms with van der Waals surface area (Å²) in [5.74, 6) is 0.232. The van der Waals surface area contributed by atoms with Gasteiger partial charge in [-0.2, -0.15) is 10.4 Å². The van der Waals surface area contributed by atoms with E-state index in [1.807, 2.05) is 6.07 Å². The van der Waals surface area contributed by atoms with Crippen LogP contribution in [0.15, 0.2) is 4.79 Å². The number of hydrogen-bond acceptors (Lipinski definition) is 4.